The van der Waals surface area contributed by atoms with E-state index < -0.39 is 0 Å². The number of rotatable bonds is 6. The van der Waals surface area contributed by atoms with E-state index in [1.807, 2.05) is 0 Å². The van der Waals surface area contributed by atoms with Crippen molar-refractivity contribution in [1.82, 2.24) is 5.32 Å². The number of hydrogen-bond acceptors (Lipinski definition) is 1. The molecule has 0 heterocycles. The first-order valence-corrected chi connectivity index (χ1v) is 7.64. The SMILES string of the molecule is CCCc1cccc(-c2ccc(CNCC)cc2C)c1. The van der Waals surface area contributed by atoms with Crippen LogP contribution in [-0.2, 0) is 13.0 Å². The lowest BCUT2D eigenvalue weighted by atomic mass is 9.96. The topological polar surface area (TPSA) is 12.0 Å². The summed E-state index contributed by atoms with van der Waals surface area (Å²) in [5.41, 5.74) is 6.83. The first kappa shape index (κ1) is 14.8. The van der Waals surface area contributed by atoms with Gasteiger partial charge in [0.2, 0.25) is 0 Å². The lowest BCUT2D eigenvalue weighted by Gasteiger charge is -2.10. The molecule has 0 saturated heterocycles. The highest BCUT2D eigenvalue weighted by atomic mass is 14.8. The number of benzene rings is 2. The first-order chi connectivity index (χ1) is 9.74. The molecular formula is C19H25N. The predicted molar refractivity (Wildman–Crippen MR) is 88.0 cm³/mol. The molecule has 106 valence electrons. The average molecular weight is 267 g/mol. The smallest absolute Gasteiger partial charge is 0.0205 e. The van der Waals surface area contributed by atoms with E-state index in [4.69, 9.17) is 0 Å². The van der Waals surface area contributed by atoms with E-state index in [-0.39, 0.29) is 0 Å². The maximum atomic E-state index is 3.38. The molecule has 0 unspecified atom stereocenters. The lowest BCUT2D eigenvalue weighted by Crippen LogP contribution is -2.11. The summed E-state index contributed by atoms with van der Waals surface area (Å²) in [4.78, 5) is 0. The molecule has 0 bridgehead atoms. The van der Waals surface area contributed by atoms with Gasteiger partial charge < -0.3 is 5.32 Å². The summed E-state index contributed by atoms with van der Waals surface area (Å²) >= 11 is 0. The summed E-state index contributed by atoms with van der Waals surface area (Å²) in [5.74, 6) is 0. The standard InChI is InChI=1S/C19H25N/c1-4-7-16-8-6-9-18(13-16)19-11-10-17(12-15(19)3)14-20-5-2/h6,8-13,20H,4-5,7,14H2,1-3H3. The van der Waals surface area contributed by atoms with Crippen LogP contribution in [0.15, 0.2) is 42.5 Å². The maximum Gasteiger partial charge on any atom is 0.0205 e. The summed E-state index contributed by atoms with van der Waals surface area (Å²) in [6, 6.07) is 15.7. The zero-order chi connectivity index (χ0) is 14.4. The highest BCUT2D eigenvalue weighted by Crippen LogP contribution is 2.25. The molecule has 1 nitrogen and oxygen atoms in total. The van der Waals surface area contributed by atoms with Gasteiger partial charge in [0.05, 0.1) is 0 Å². The maximum absolute atomic E-state index is 3.38. The molecule has 20 heavy (non-hydrogen) atoms. The third kappa shape index (κ3) is 3.71. The van der Waals surface area contributed by atoms with Crippen molar-refractivity contribution < 1.29 is 0 Å². The fourth-order valence-corrected chi connectivity index (χ4v) is 2.61. The van der Waals surface area contributed by atoms with Gasteiger partial charge in [0, 0.05) is 6.54 Å². The second kappa shape index (κ2) is 7.25. The minimum absolute atomic E-state index is 0.952. The third-order valence-corrected chi connectivity index (χ3v) is 3.65. The fourth-order valence-electron chi connectivity index (χ4n) is 2.61. The van der Waals surface area contributed by atoms with Crippen LogP contribution >= 0.6 is 0 Å². The highest BCUT2D eigenvalue weighted by Gasteiger charge is 2.04. The van der Waals surface area contributed by atoms with Crippen LogP contribution < -0.4 is 5.32 Å². The Labute approximate surface area is 123 Å². The second-order valence-electron chi connectivity index (χ2n) is 5.38. The molecule has 1 N–H and O–H groups in total. The molecular weight excluding hydrogens is 242 g/mol. The van der Waals surface area contributed by atoms with Crippen molar-refractivity contribution in [2.45, 2.75) is 40.2 Å². The Bertz CT molecular complexity index is 557. The molecule has 2 aromatic carbocycles. The molecule has 0 aliphatic heterocycles. The summed E-state index contributed by atoms with van der Waals surface area (Å²) < 4.78 is 0. The van der Waals surface area contributed by atoms with Gasteiger partial charge >= 0.3 is 0 Å². The molecule has 0 fully saturated rings. The minimum atomic E-state index is 0.952. The second-order valence-corrected chi connectivity index (χ2v) is 5.38. The van der Waals surface area contributed by atoms with Gasteiger partial charge in [0.25, 0.3) is 0 Å². The van der Waals surface area contributed by atoms with E-state index in [1.165, 1.54) is 34.2 Å². The normalized spacial score (nSPS) is 10.8. The van der Waals surface area contributed by atoms with Crippen molar-refractivity contribution >= 4 is 0 Å². The monoisotopic (exact) mass is 267 g/mol. The van der Waals surface area contributed by atoms with Crippen molar-refractivity contribution in [3.63, 3.8) is 0 Å². The van der Waals surface area contributed by atoms with Crippen molar-refractivity contribution in [3.8, 4) is 11.1 Å². The van der Waals surface area contributed by atoms with Crippen molar-refractivity contribution in [2.24, 2.45) is 0 Å². The van der Waals surface area contributed by atoms with Gasteiger partial charge in [-0.25, -0.2) is 0 Å². The number of aryl methyl sites for hydroxylation is 2. The van der Waals surface area contributed by atoms with E-state index in [0.717, 1.165) is 19.5 Å². The minimum Gasteiger partial charge on any atom is -0.313 e. The summed E-state index contributed by atoms with van der Waals surface area (Å²) in [6.45, 7) is 8.54. The van der Waals surface area contributed by atoms with Crippen LogP contribution in [0.2, 0.25) is 0 Å². The molecule has 0 aromatic heterocycles. The van der Waals surface area contributed by atoms with Gasteiger partial charge in [-0.2, -0.15) is 0 Å². The van der Waals surface area contributed by atoms with Gasteiger partial charge in [-0.3, -0.25) is 0 Å². The Morgan fingerprint density at radius 3 is 2.50 bits per heavy atom. The molecule has 0 atom stereocenters. The summed E-state index contributed by atoms with van der Waals surface area (Å²) in [7, 11) is 0. The first-order valence-electron chi connectivity index (χ1n) is 7.64. The molecule has 0 aliphatic carbocycles. The van der Waals surface area contributed by atoms with Crippen LogP contribution in [0.3, 0.4) is 0 Å². The van der Waals surface area contributed by atoms with Crippen LogP contribution in [0.4, 0.5) is 0 Å². The van der Waals surface area contributed by atoms with Crippen molar-refractivity contribution in [1.29, 1.82) is 0 Å². The molecule has 0 amide bonds. The molecule has 0 radical (unpaired) electrons. The molecule has 2 aromatic rings. The van der Waals surface area contributed by atoms with Gasteiger partial charge in [-0.05, 0) is 47.7 Å². The highest BCUT2D eigenvalue weighted by molar-refractivity contribution is 5.68. The zero-order valence-corrected chi connectivity index (χ0v) is 12.9. The van der Waals surface area contributed by atoms with E-state index in [9.17, 15) is 0 Å². The predicted octanol–water partition coefficient (Wildman–Crippen LogP) is 4.72. The van der Waals surface area contributed by atoms with Gasteiger partial charge in [-0.15, -0.1) is 0 Å². The van der Waals surface area contributed by atoms with Crippen molar-refractivity contribution in [3.05, 3.63) is 59.2 Å². The van der Waals surface area contributed by atoms with Gasteiger partial charge in [0.15, 0.2) is 0 Å². The number of nitrogens with one attached hydrogen (secondary N) is 1. The molecule has 1 heteroatoms. The van der Waals surface area contributed by atoms with Crippen LogP contribution in [0.1, 0.15) is 37.0 Å². The Hall–Kier alpha value is -1.60. The van der Waals surface area contributed by atoms with Crippen LogP contribution in [0, 0.1) is 6.92 Å². The Balaban J connectivity index is 2.26. The van der Waals surface area contributed by atoms with Crippen LogP contribution in [-0.4, -0.2) is 6.54 Å². The summed E-state index contributed by atoms with van der Waals surface area (Å²) in [6.07, 6.45) is 2.36. The van der Waals surface area contributed by atoms with Gasteiger partial charge in [0.1, 0.15) is 0 Å². The summed E-state index contributed by atoms with van der Waals surface area (Å²) in [5, 5.41) is 3.38. The molecule has 0 spiro atoms. The Morgan fingerprint density at radius 2 is 1.80 bits per heavy atom. The number of hydrogen-bond donors (Lipinski definition) is 1. The molecule has 0 aliphatic rings. The Kier molecular flexibility index (Phi) is 5.37. The van der Waals surface area contributed by atoms with E-state index in [1.54, 1.807) is 0 Å². The average Bonchev–Trinajstić information content (AvgIpc) is 2.46. The largest absolute Gasteiger partial charge is 0.313 e. The lowest BCUT2D eigenvalue weighted by molar-refractivity contribution is 0.726. The van der Waals surface area contributed by atoms with E-state index >= 15 is 0 Å². The van der Waals surface area contributed by atoms with E-state index in [0.29, 0.717) is 0 Å². The van der Waals surface area contributed by atoms with Crippen LogP contribution in [0.25, 0.3) is 11.1 Å². The molecule has 2 rings (SSSR count). The van der Waals surface area contributed by atoms with Crippen LogP contribution in [0.5, 0.6) is 0 Å². The van der Waals surface area contributed by atoms with E-state index in [2.05, 4.69) is 68.6 Å². The fraction of sp³-hybridized carbons (Fsp3) is 0.368. The zero-order valence-electron chi connectivity index (χ0n) is 12.9. The molecule has 0 saturated carbocycles. The quantitative estimate of drug-likeness (QED) is 0.798. The van der Waals surface area contributed by atoms with Crippen molar-refractivity contribution in [2.75, 3.05) is 6.54 Å². The van der Waals surface area contributed by atoms with Gasteiger partial charge in [-0.1, -0.05) is 62.7 Å². The Morgan fingerprint density at radius 1 is 0.950 bits per heavy atom. The third-order valence-electron chi connectivity index (χ3n) is 3.65.